The first-order valence-electron chi connectivity index (χ1n) is 9.46. The average Bonchev–Trinajstić information content (AvgIpc) is 2.78. The van der Waals surface area contributed by atoms with Crippen molar-refractivity contribution in [2.45, 2.75) is 11.3 Å². The number of ether oxygens (including phenoxy) is 1. The van der Waals surface area contributed by atoms with Gasteiger partial charge in [-0.15, -0.1) is 11.8 Å². The molecule has 30 heavy (non-hydrogen) atoms. The second-order valence-electron chi connectivity index (χ2n) is 6.79. The van der Waals surface area contributed by atoms with E-state index in [0.717, 1.165) is 10.6 Å². The molecular weight excluding hydrogens is 398 g/mol. The number of anilines is 1. The van der Waals surface area contributed by atoms with Gasteiger partial charge in [0.05, 0.1) is 7.11 Å². The van der Waals surface area contributed by atoms with E-state index < -0.39 is 0 Å². The molecule has 5 nitrogen and oxygen atoms in total. The van der Waals surface area contributed by atoms with Crippen molar-refractivity contribution in [2.75, 3.05) is 18.2 Å². The molecule has 0 fully saturated rings. The first-order chi connectivity index (χ1) is 14.6. The van der Waals surface area contributed by atoms with Gasteiger partial charge in [0.2, 0.25) is 5.91 Å². The van der Waals surface area contributed by atoms with Gasteiger partial charge in [0.1, 0.15) is 5.75 Å². The van der Waals surface area contributed by atoms with Crippen LogP contribution in [-0.2, 0) is 4.79 Å². The predicted molar refractivity (Wildman–Crippen MR) is 117 cm³/mol. The number of carbonyl (C=O) groups excluding carboxylic acids is 3. The van der Waals surface area contributed by atoms with Crippen LogP contribution in [0.3, 0.4) is 0 Å². The molecule has 1 N–H and O–H groups in total. The van der Waals surface area contributed by atoms with E-state index in [2.05, 4.69) is 5.32 Å². The Bertz CT molecular complexity index is 1140. The molecule has 0 bridgehead atoms. The van der Waals surface area contributed by atoms with Crippen molar-refractivity contribution in [3.05, 3.63) is 89.0 Å². The molecule has 0 atom stereocenters. The molecule has 1 aliphatic carbocycles. The van der Waals surface area contributed by atoms with Crippen molar-refractivity contribution in [2.24, 2.45) is 0 Å². The van der Waals surface area contributed by atoms with Crippen LogP contribution >= 0.6 is 11.8 Å². The largest absolute Gasteiger partial charge is 0.497 e. The summed E-state index contributed by atoms with van der Waals surface area (Å²) in [4.78, 5) is 38.8. The lowest BCUT2D eigenvalue weighted by molar-refractivity contribution is -0.115. The highest BCUT2D eigenvalue weighted by Gasteiger charge is 2.29. The number of rotatable bonds is 6. The molecule has 0 saturated heterocycles. The van der Waals surface area contributed by atoms with Gasteiger partial charge in [-0.2, -0.15) is 0 Å². The van der Waals surface area contributed by atoms with Crippen LogP contribution in [0, 0.1) is 0 Å². The number of methoxy groups -OCH3 is 1. The molecule has 0 spiro atoms. The van der Waals surface area contributed by atoms with E-state index >= 15 is 0 Å². The molecular formula is C24H19NO4S. The summed E-state index contributed by atoms with van der Waals surface area (Å²) in [6.45, 7) is 0. The zero-order valence-corrected chi connectivity index (χ0v) is 17.1. The average molecular weight is 417 g/mol. The first kappa shape index (κ1) is 19.9. The SMILES string of the molecule is COc1ccc(SCCC(=O)Nc2ccc3c(c2)C(=O)c2ccccc2C3=O)cc1. The zero-order chi connectivity index (χ0) is 21.1. The van der Waals surface area contributed by atoms with E-state index in [9.17, 15) is 14.4 Å². The normalized spacial score (nSPS) is 12.2. The van der Waals surface area contributed by atoms with Crippen LogP contribution in [0.5, 0.6) is 5.75 Å². The minimum absolute atomic E-state index is 0.147. The summed E-state index contributed by atoms with van der Waals surface area (Å²) in [6.07, 6.45) is 0.323. The van der Waals surface area contributed by atoms with Gasteiger partial charge in [0.25, 0.3) is 0 Å². The van der Waals surface area contributed by atoms with E-state index in [-0.39, 0.29) is 17.5 Å². The Morgan fingerprint density at radius 3 is 2.17 bits per heavy atom. The van der Waals surface area contributed by atoms with E-state index in [1.54, 1.807) is 61.3 Å². The number of hydrogen-bond acceptors (Lipinski definition) is 5. The van der Waals surface area contributed by atoms with E-state index in [1.165, 1.54) is 0 Å². The molecule has 3 aromatic carbocycles. The van der Waals surface area contributed by atoms with Crippen molar-refractivity contribution >= 4 is 34.9 Å². The minimum Gasteiger partial charge on any atom is -0.497 e. The standard InChI is InChI=1S/C24H19NO4S/c1-29-16-7-9-17(10-8-16)30-13-12-22(26)25-15-6-11-20-21(14-15)24(28)19-5-3-2-4-18(19)23(20)27/h2-11,14H,12-13H2,1H3,(H,25,26). The number of ketones is 2. The molecule has 0 heterocycles. The van der Waals surface area contributed by atoms with Crippen LogP contribution in [0.4, 0.5) is 5.69 Å². The van der Waals surface area contributed by atoms with Crippen molar-refractivity contribution in [1.82, 2.24) is 0 Å². The van der Waals surface area contributed by atoms with Gasteiger partial charge in [-0.3, -0.25) is 14.4 Å². The van der Waals surface area contributed by atoms with Crippen LogP contribution < -0.4 is 10.1 Å². The van der Waals surface area contributed by atoms with Crippen molar-refractivity contribution in [3.8, 4) is 5.75 Å². The highest BCUT2D eigenvalue weighted by Crippen LogP contribution is 2.29. The molecule has 0 aromatic heterocycles. The van der Waals surface area contributed by atoms with E-state index in [4.69, 9.17) is 4.74 Å². The summed E-state index contributed by atoms with van der Waals surface area (Å²) in [7, 11) is 1.62. The Labute approximate surface area is 178 Å². The number of amides is 1. The maximum absolute atomic E-state index is 12.8. The molecule has 1 aliphatic rings. The van der Waals surface area contributed by atoms with Crippen molar-refractivity contribution in [1.29, 1.82) is 0 Å². The predicted octanol–water partition coefficient (Wildman–Crippen LogP) is 4.59. The van der Waals surface area contributed by atoms with Gasteiger partial charge in [0, 0.05) is 45.0 Å². The summed E-state index contributed by atoms with van der Waals surface area (Å²) in [5.74, 6) is 0.889. The molecule has 0 radical (unpaired) electrons. The molecule has 3 aromatic rings. The van der Waals surface area contributed by atoms with Gasteiger partial charge >= 0.3 is 0 Å². The summed E-state index contributed by atoms with van der Waals surface area (Å²) in [5.41, 5.74) is 2.02. The van der Waals surface area contributed by atoms with Gasteiger partial charge in [-0.25, -0.2) is 0 Å². The van der Waals surface area contributed by atoms with Crippen molar-refractivity contribution in [3.63, 3.8) is 0 Å². The summed E-state index contributed by atoms with van der Waals surface area (Å²) < 4.78 is 5.13. The van der Waals surface area contributed by atoms with Gasteiger partial charge in [-0.05, 0) is 42.5 Å². The second-order valence-corrected chi connectivity index (χ2v) is 7.95. The molecule has 4 rings (SSSR count). The topological polar surface area (TPSA) is 72.5 Å². The smallest absolute Gasteiger partial charge is 0.225 e. The van der Waals surface area contributed by atoms with Gasteiger partial charge < -0.3 is 10.1 Å². The highest BCUT2D eigenvalue weighted by atomic mass is 32.2. The van der Waals surface area contributed by atoms with Crippen LogP contribution in [0.25, 0.3) is 0 Å². The van der Waals surface area contributed by atoms with Gasteiger partial charge in [0.15, 0.2) is 11.6 Å². The quantitative estimate of drug-likeness (QED) is 0.465. The minimum atomic E-state index is -0.202. The van der Waals surface area contributed by atoms with E-state index in [1.807, 2.05) is 24.3 Å². The van der Waals surface area contributed by atoms with Crippen LogP contribution in [0.15, 0.2) is 71.6 Å². The number of fused-ring (bicyclic) bond motifs is 2. The number of carbonyl (C=O) groups is 3. The summed E-state index contributed by atoms with van der Waals surface area (Å²) in [6, 6.07) is 19.3. The van der Waals surface area contributed by atoms with Crippen LogP contribution in [-0.4, -0.2) is 30.3 Å². The third-order valence-corrected chi connectivity index (χ3v) is 5.88. The van der Waals surface area contributed by atoms with Crippen LogP contribution in [0.1, 0.15) is 38.3 Å². The molecule has 6 heteroatoms. The Morgan fingerprint density at radius 2 is 1.50 bits per heavy atom. The fourth-order valence-electron chi connectivity index (χ4n) is 3.33. The Hall–Kier alpha value is -3.38. The lowest BCUT2D eigenvalue weighted by Crippen LogP contribution is -2.21. The Kier molecular flexibility index (Phi) is 5.68. The third-order valence-electron chi connectivity index (χ3n) is 4.87. The fraction of sp³-hybridized carbons (Fsp3) is 0.125. The van der Waals surface area contributed by atoms with E-state index in [0.29, 0.717) is 40.1 Å². The number of nitrogens with one attached hydrogen (secondary N) is 1. The van der Waals surface area contributed by atoms with Gasteiger partial charge in [-0.1, -0.05) is 24.3 Å². The Morgan fingerprint density at radius 1 is 0.867 bits per heavy atom. The first-order valence-corrected chi connectivity index (χ1v) is 10.4. The number of benzene rings is 3. The number of thioether (sulfide) groups is 1. The lowest BCUT2D eigenvalue weighted by Gasteiger charge is -2.18. The molecule has 0 saturated carbocycles. The molecule has 1 amide bonds. The highest BCUT2D eigenvalue weighted by molar-refractivity contribution is 7.99. The zero-order valence-electron chi connectivity index (χ0n) is 16.3. The van der Waals surface area contributed by atoms with Crippen LogP contribution in [0.2, 0.25) is 0 Å². The number of hydrogen-bond donors (Lipinski definition) is 1. The molecule has 0 unspecified atom stereocenters. The molecule has 150 valence electrons. The molecule has 0 aliphatic heterocycles. The Balaban J connectivity index is 1.40. The fourth-order valence-corrected chi connectivity index (χ4v) is 4.19. The van der Waals surface area contributed by atoms with Crippen molar-refractivity contribution < 1.29 is 19.1 Å². The summed E-state index contributed by atoms with van der Waals surface area (Å²) in [5, 5.41) is 2.82. The summed E-state index contributed by atoms with van der Waals surface area (Å²) >= 11 is 1.58. The third kappa shape index (κ3) is 4.00. The maximum Gasteiger partial charge on any atom is 0.225 e. The maximum atomic E-state index is 12.8. The second kappa shape index (κ2) is 8.55. The lowest BCUT2D eigenvalue weighted by atomic mass is 9.84. The monoisotopic (exact) mass is 417 g/mol.